The molecule has 1 heteroatoms. The van der Waals surface area contributed by atoms with Gasteiger partial charge in [0.25, 0.3) is 0 Å². The molecule has 0 radical (unpaired) electrons. The van der Waals surface area contributed by atoms with E-state index in [0.717, 1.165) is 30.6 Å². The van der Waals surface area contributed by atoms with Crippen molar-refractivity contribution in [3.05, 3.63) is 141 Å². The van der Waals surface area contributed by atoms with Gasteiger partial charge in [-0.2, -0.15) is 0 Å². The summed E-state index contributed by atoms with van der Waals surface area (Å²) in [4.78, 5) is 0. The van der Waals surface area contributed by atoms with Gasteiger partial charge in [-0.05, 0) is 191 Å². The van der Waals surface area contributed by atoms with Crippen molar-refractivity contribution in [1.82, 2.24) is 0 Å². The topological polar surface area (TPSA) is 9.23 Å². The predicted molar refractivity (Wildman–Crippen MR) is 269 cm³/mol. The van der Waals surface area contributed by atoms with E-state index in [0.29, 0.717) is 53.3 Å². The Labute approximate surface area is 393 Å². The summed E-state index contributed by atoms with van der Waals surface area (Å²) in [6, 6.07) is 9.47. The molecule has 0 bridgehead atoms. The largest absolute Gasteiger partial charge is 0.490 e. The molecule has 1 aromatic carbocycles. The van der Waals surface area contributed by atoms with Crippen LogP contribution in [0.4, 0.5) is 0 Å². The fourth-order valence-corrected chi connectivity index (χ4v) is 18.6. The number of ether oxygens (including phenoxy) is 1. The van der Waals surface area contributed by atoms with Crippen LogP contribution in [-0.2, 0) is 10.2 Å². The van der Waals surface area contributed by atoms with Gasteiger partial charge in [-0.15, -0.1) is 0 Å². The number of hydrogen-bond acceptors (Lipinski definition) is 1. The zero-order chi connectivity index (χ0) is 43.3. The van der Waals surface area contributed by atoms with Gasteiger partial charge in [-0.1, -0.05) is 153 Å². The molecule has 1 aromatic rings. The molecule has 11 aliphatic carbocycles. The molecule has 0 saturated heterocycles. The third-order valence-corrected chi connectivity index (χ3v) is 21.5. The van der Waals surface area contributed by atoms with Gasteiger partial charge in [-0.3, -0.25) is 0 Å². The summed E-state index contributed by atoms with van der Waals surface area (Å²) in [7, 11) is 0. The lowest BCUT2D eigenvalue weighted by atomic mass is 9.50. The highest BCUT2D eigenvalue weighted by molar-refractivity contribution is 5.55. The molecular formula is C64H80O. The van der Waals surface area contributed by atoms with E-state index in [1.165, 1.54) is 141 Å². The summed E-state index contributed by atoms with van der Waals surface area (Å²) in [5, 5.41) is 0. The van der Waals surface area contributed by atoms with Gasteiger partial charge in [0.15, 0.2) is 0 Å². The maximum absolute atomic E-state index is 7.10. The molecule has 2 saturated carbocycles. The fraction of sp³-hybridized carbons (Fsp3) is 0.625. The van der Waals surface area contributed by atoms with Crippen molar-refractivity contribution in [2.45, 2.75) is 179 Å². The Morgan fingerprint density at radius 3 is 2.51 bits per heavy atom. The van der Waals surface area contributed by atoms with Crippen LogP contribution in [0.1, 0.15) is 179 Å². The van der Waals surface area contributed by atoms with Crippen molar-refractivity contribution in [2.75, 3.05) is 0 Å². The molecule has 12 unspecified atom stereocenters. The van der Waals surface area contributed by atoms with Crippen LogP contribution < -0.4 is 0 Å². The van der Waals surface area contributed by atoms with E-state index >= 15 is 0 Å². The summed E-state index contributed by atoms with van der Waals surface area (Å²) in [5.41, 5.74) is 14.2. The van der Waals surface area contributed by atoms with Crippen LogP contribution >= 0.6 is 0 Å². The summed E-state index contributed by atoms with van der Waals surface area (Å²) in [6.07, 6.45) is 61.2. The quantitative estimate of drug-likeness (QED) is 0.259. The summed E-state index contributed by atoms with van der Waals surface area (Å²) < 4.78 is 7.10. The molecule has 1 heterocycles. The molecule has 12 aliphatic rings. The Morgan fingerprint density at radius 1 is 0.723 bits per heavy atom. The minimum absolute atomic E-state index is 0.144. The van der Waals surface area contributed by atoms with Crippen LogP contribution in [0.3, 0.4) is 0 Å². The van der Waals surface area contributed by atoms with E-state index < -0.39 is 0 Å². The minimum Gasteiger partial charge on any atom is -0.490 e. The van der Waals surface area contributed by atoms with Crippen LogP contribution in [0, 0.1) is 70.5 Å². The molecular weight excluding hydrogens is 785 g/mol. The Balaban J connectivity index is 0.811. The smallest absolute Gasteiger partial charge is 0.120 e. The molecule has 1 nitrogen and oxygen atoms in total. The first-order valence-electron chi connectivity index (χ1n) is 28.0. The first kappa shape index (κ1) is 41.8. The molecule has 342 valence electrons. The van der Waals surface area contributed by atoms with E-state index in [2.05, 4.69) is 105 Å². The number of benzene rings is 1. The Kier molecular flexibility index (Phi) is 10.8. The van der Waals surface area contributed by atoms with Gasteiger partial charge in [0, 0.05) is 35.0 Å². The Bertz CT molecular complexity index is 2320. The molecule has 1 spiro atoms. The number of hydrogen-bond donors (Lipinski definition) is 0. The second-order valence-electron chi connectivity index (χ2n) is 24.6. The van der Waals surface area contributed by atoms with Crippen molar-refractivity contribution in [3.8, 4) is 0 Å². The first-order chi connectivity index (χ1) is 32.0. The highest BCUT2D eigenvalue weighted by Gasteiger charge is 2.68. The van der Waals surface area contributed by atoms with Gasteiger partial charge >= 0.3 is 0 Å². The van der Waals surface area contributed by atoms with Gasteiger partial charge in [-0.25, -0.2) is 0 Å². The predicted octanol–water partition coefficient (Wildman–Crippen LogP) is 16.9. The SMILES string of the molecule is CC1(C)C2=CC([C@@H](CC3C=CC(C4=CC5C(C=C4)C4CCC6=C(CCCC6)C4C54C5=C(CCC=C5)OC5C=CCCC54)CC3)C3=CCC(C4CCCCC4)CC3)CCC2c2ccccc21. The second kappa shape index (κ2) is 16.7. The van der Waals surface area contributed by atoms with Crippen LogP contribution in [0.25, 0.3) is 0 Å². The Morgan fingerprint density at radius 2 is 1.63 bits per heavy atom. The summed E-state index contributed by atoms with van der Waals surface area (Å²) in [5.74, 6) is 9.75. The van der Waals surface area contributed by atoms with E-state index in [4.69, 9.17) is 4.74 Å². The van der Waals surface area contributed by atoms with Gasteiger partial charge < -0.3 is 4.74 Å². The van der Waals surface area contributed by atoms with E-state index in [1.807, 2.05) is 16.7 Å². The Hall–Kier alpha value is -3.32. The first-order valence-corrected chi connectivity index (χ1v) is 28.0. The van der Waals surface area contributed by atoms with E-state index in [9.17, 15) is 0 Å². The lowest BCUT2D eigenvalue weighted by Gasteiger charge is -2.56. The second-order valence-corrected chi connectivity index (χ2v) is 24.6. The molecule has 0 aromatic heterocycles. The molecule has 1 aliphatic heterocycles. The zero-order valence-corrected chi connectivity index (χ0v) is 40.3. The normalized spacial score (nSPS) is 40.6. The van der Waals surface area contributed by atoms with E-state index in [1.54, 1.807) is 27.8 Å². The zero-order valence-electron chi connectivity index (χ0n) is 40.3. The van der Waals surface area contributed by atoms with Gasteiger partial charge in [0.1, 0.15) is 11.9 Å². The van der Waals surface area contributed by atoms with Crippen LogP contribution in [0.15, 0.2) is 130 Å². The lowest BCUT2D eigenvalue weighted by Crippen LogP contribution is -2.52. The van der Waals surface area contributed by atoms with E-state index in [-0.39, 0.29) is 16.9 Å². The summed E-state index contributed by atoms with van der Waals surface area (Å²) in [6.45, 7) is 5.06. The van der Waals surface area contributed by atoms with Crippen molar-refractivity contribution in [3.63, 3.8) is 0 Å². The molecule has 0 amide bonds. The van der Waals surface area contributed by atoms with Crippen LogP contribution in [0.2, 0.25) is 0 Å². The van der Waals surface area contributed by atoms with Crippen LogP contribution in [-0.4, -0.2) is 6.10 Å². The molecule has 65 heavy (non-hydrogen) atoms. The average Bonchev–Trinajstić information content (AvgIpc) is 3.78. The van der Waals surface area contributed by atoms with Crippen molar-refractivity contribution >= 4 is 0 Å². The standard InChI is InChI=1S/C64H80O/c1-63(2)55-19-9-8-18-50(55)51-36-34-48(40-58(51)63)54(46-30-28-43(29-31-46)42-14-4-3-5-15-42)38-41-24-26-44(27-25-41)47-33-35-52-53-37-32-45-16-6-7-17-49(45)62(53)64(59(52)39-47)56-20-10-12-22-60(56)65-61-23-13-11-21-57(61)64/h8-10,13,18-20,23-24,26,30,33,35,39-44,48,51-54,57,59,61-62H,3-7,11-12,14-17,21-22,25,27-29,31-32,34,36-38H2,1-2H3/t41?,43?,44?,48?,51?,52?,53?,54-,57?,59?,61?,62?,64?/m0/s1. The van der Waals surface area contributed by atoms with Gasteiger partial charge in [0.05, 0.1) is 0 Å². The highest BCUT2D eigenvalue weighted by Crippen LogP contribution is 2.73. The molecule has 13 rings (SSSR count). The van der Waals surface area contributed by atoms with Crippen molar-refractivity contribution in [1.29, 1.82) is 0 Å². The van der Waals surface area contributed by atoms with Crippen molar-refractivity contribution in [2.24, 2.45) is 70.5 Å². The van der Waals surface area contributed by atoms with Gasteiger partial charge in [0.2, 0.25) is 0 Å². The number of rotatable bonds is 6. The maximum Gasteiger partial charge on any atom is 0.120 e. The summed E-state index contributed by atoms with van der Waals surface area (Å²) >= 11 is 0. The molecule has 2 fully saturated rings. The van der Waals surface area contributed by atoms with Crippen molar-refractivity contribution < 1.29 is 4.74 Å². The highest BCUT2D eigenvalue weighted by atomic mass is 16.5. The number of fused-ring (bicyclic) bond motifs is 12. The lowest BCUT2D eigenvalue weighted by molar-refractivity contribution is -0.0377. The third-order valence-electron chi connectivity index (χ3n) is 21.5. The average molecular weight is 865 g/mol. The maximum atomic E-state index is 7.10. The molecule has 13 atom stereocenters. The fourth-order valence-electron chi connectivity index (χ4n) is 18.6. The number of allylic oxidation sites excluding steroid dienone is 17. The molecule has 0 N–H and O–H groups in total. The monoisotopic (exact) mass is 865 g/mol. The minimum atomic E-state index is 0.144. The third kappa shape index (κ3) is 6.77. The van der Waals surface area contributed by atoms with Crippen LogP contribution in [0.5, 0.6) is 0 Å².